The Hall–Kier alpha value is 0. The monoisotopic (exact) mass is 278 g/mol. The second kappa shape index (κ2) is 6.84. The third-order valence-electron chi connectivity index (χ3n) is 6.70. The summed E-state index contributed by atoms with van der Waals surface area (Å²) in [6.07, 6.45) is 8.99. The molecule has 0 radical (unpaired) electrons. The molecular formula is C20H38. The van der Waals surface area contributed by atoms with Gasteiger partial charge in [0, 0.05) is 0 Å². The summed E-state index contributed by atoms with van der Waals surface area (Å²) in [7, 11) is 0. The van der Waals surface area contributed by atoms with Crippen LogP contribution in [0.25, 0.3) is 0 Å². The molecule has 0 heteroatoms. The van der Waals surface area contributed by atoms with Crippen molar-refractivity contribution in [2.24, 2.45) is 47.3 Å². The highest BCUT2D eigenvalue weighted by Gasteiger charge is 2.41. The van der Waals surface area contributed by atoms with E-state index in [1.54, 1.807) is 0 Å². The molecule has 2 aliphatic rings. The van der Waals surface area contributed by atoms with Gasteiger partial charge in [0.05, 0.1) is 0 Å². The van der Waals surface area contributed by atoms with Gasteiger partial charge in [-0.15, -0.1) is 0 Å². The first-order valence-corrected chi connectivity index (χ1v) is 9.40. The highest BCUT2D eigenvalue weighted by Crippen LogP contribution is 2.50. The number of rotatable bonds is 3. The largest absolute Gasteiger partial charge is 0.0625 e. The summed E-state index contributed by atoms with van der Waals surface area (Å²) in [5, 5.41) is 0. The Labute approximate surface area is 128 Å². The second-order valence-electron chi connectivity index (χ2n) is 8.98. The predicted octanol–water partition coefficient (Wildman–Crippen LogP) is 6.40. The van der Waals surface area contributed by atoms with Gasteiger partial charge in [-0.2, -0.15) is 0 Å². The number of hydrogen-bond acceptors (Lipinski definition) is 0. The first kappa shape index (κ1) is 16.4. The van der Waals surface area contributed by atoms with Crippen molar-refractivity contribution in [1.29, 1.82) is 0 Å². The molecule has 0 bridgehead atoms. The molecule has 2 fully saturated rings. The van der Waals surface area contributed by atoms with E-state index in [9.17, 15) is 0 Å². The minimum absolute atomic E-state index is 0.887. The molecule has 0 saturated heterocycles. The van der Waals surface area contributed by atoms with Crippen LogP contribution in [0.1, 0.15) is 80.1 Å². The zero-order valence-electron chi connectivity index (χ0n) is 14.9. The van der Waals surface area contributed by atoms with Gasteiger partial charge >= 0.3 is 0 Å². The molecule has 0 nitrogen and oxygen atoms in total. The smallest absolute Gasteiger partial charge is 0.0350 e. The summed E-state index contributed by atoms with van der Waals surface area (Å²) in [4.78, 5) is 0. The Balaban J connectivity index is 2.18. The van der Waals surface area contributed by atoms with E-state index in [0.717, 1.165) is 47.3 Å². The van der Waals surface area contributed by atoms with Gasteiger partial charge in [0.15, 0.2) is 0 Å². The molecule has 6 atom stereocenters. The van der Waals surface area contributed by atoms with Crippen molar-refractivity contribution in [2.75, 3.05) is 0 Å². The quantitative estimate of drug-likeness (QED) is 0.560. The van der Waals surface area contributed by atoms with E-state index in [2.05, 4.69) is 41.5 Å². The van der Waals surface area contributed by atoms with Crippen LogP contribution in [-0.4, -0.2) is 0 Å². The molecule has 0 aliphatic heterocycles. The maximum Gasteiger partial charge on any atom is -0.0350 e. The highest BCUT2D eigenvalue weighted by atomic mass is 14.5. The van der Waals surface area contributed by atoms with Crippen LogP contribution in [0.15, 0.2) is 0 Å². The summed E-state index contributed by atoms with van der Waals surface area (Å²) in [5.74, 6) is 7.77. The zero-order chi connectivity index (χ0) is 14.9. The van der Waals surface area contributed by atoms with Crippen LogP contribution >= 0.6 is 0 Å². The minimum Gasteiger partial charge on any atom is -0.0625 e. The Morgan fingerprint density at radius 2 is 0.950 bits per heavy atom. The lowest BCUT2D eigenvalue weighted by Crippen LogP contribution is -2.40. The topological polar surface area (TPSA) is 0 Å². The van der Waals surface area contributed by atoms with E-state index in [1.807, 2.05) is 0 Å². The summed E-state index contributed by atoms with van der Waals surface area (Å²) in [6.45, 7) is 14.9. The third kappa shape index (κ3) is 3.60. The molecular weight excluding hydrogens is 240 g/mol. The van der Waals surface area contributed by atoms with Crippen LogP contribution in [0.4, 0.5) is 0 Å². The van der Waals surface area contributed by atoms with Crippen molar-refractivity contribution in [2.45, 2.75) is 80.1 Å². The SMILES string of the molecule is CC(C)[C@@H]1CC[C@@H](C)C[C@H]1[C@@H]1C[C@H](C)CC[C@H]1C(C)C. The molecule has 0 unspecified atom stereocenters. The summed E-state index contributed by atoms with van der Waals surface area (Å²) < 4.78 is 0. The van der Waals surface area contributed by atoms with Crippen LogP contribution in [-0.2, 0) is 0 Å². The molecule has 2 saturated carbocycles. The van der Waals surface area contributed by atoms with Gasteiger partial charge in [-0.1, -0.05) is 54.4 Å². The lowest BCUT2D eigenvalue weighted by molar-refractivity contribution is 0.0121. The fourth-order valence-electron chi connectivity index (χ4n) is 5.54. The third-order valence-corrected chi connectivity index (χ3v) is 6.70. The minimum atomic E-state index is 0.887. The van der Waals surface area contributed by atoms with Gasteiger partial charge in [-0.25, -0.2) is 0 Å². The number of hydrogen-bond donors (Lipinski definition) is 0. The molecule has 0 N–H and O–H groups in total. The van der Waals surface area contributed by atoms with E-state index in [-0.39, 0.29) is 0 Å². The highest BCUT2D eigenvalue weighted by molar-refractivity contribution is 4.91. The van der Waals surface area contributed by atoms with Crippen LogP contribution in [0.5, 0.6) is 0 Å². The van der Waals surface area contributed by atoms with E-state index in [1.165, 1.54) is 38.5 Å². The molecule has 0 spiro atoms. The molecule has 2 rings (SSSR count). The molecule has 0 aromatic carbocycles. The van der Waals surface area contributed by atoms with Crippen LogP contribution in [0.2, 0.25) is 0 Å². The molecule has 20 heavy (non-hydrogen) atoms. The van der Waals surface area contributed by atoms with E-state index in [0.29, 0.717) is 0 Å². The predicted molar refractivity (Wildman–Crippen MR) is 89.7 cm³/mol. The Morgan fingerprint density at radius 1 is 0.600 bits per heavy atom. The van der Waals surface area contributed by atoms with Gasteiger partial charge in [-0.05, 0) is 73.0 Å². The van der Waals surface area contributed by atoms with E-state index in [4.69, 9.17) is 0 Å². The van der Waals surface area contributed by atoms with Gasteiger partial charge in [0.25, 0.3) is 0 Å². The average Bonchev–Trinajstić information content (AvgIpc) is 2.37. The van der Waals surface area contributed by atoms with Crippen LogP contribution < -0.4 is 0 Å². The normalized spacial score (nSPS) is 43.2. The van der Waals surface area contributed by atoms with Crippen LogP contribution in [0, 0.1) is 47.3 Å². The molecule has 0 amide bonds. The maximum absolute atomic E-state index is 2.50. The summed E-state index contributed by atoms with van der Waals surface area (Å²) >= 11 is 0. The lowest BCUT2D eigenvalue weighted by Gasteiger charge is -2.48. The van der Waals surface area contributed by atoms with Crippen LogP contribution in [0.3, 0.4) is 0 Å². The molecule has 118 valence electrons. The average molecular weight is 279 g/mol. The summed E-state index contributed by atoms with van der Waals surface area (Å²) in [5.41, 5.74) is 0. The Morgan fingerprint density at radius 3 is 1.25 bits per heavy atom. The van der Waals surface area contributed by atoms with Crippen molar-refractivity contribution in [1.82, 2.24) is 0 Å². The zero-order valence-corrected chi connectivity index (χ0v) is 14.9. The Kier molecular flexibility index (Phi) is 5.60. The van der Waals surface area contributed by atoms with Gasteiger partial charge in [0.2, 0.25) is 0 Å². The lowest BCUT2D eigenvalue weighted by atomic mass is 9.57. The van der Waals surface area contributed by atoms with Gasteiger partial charge in [-0.3, -0.25) is 0 Å². The van der Waals surface area contributed by atoms with Gasteiger partial charge in [0.1, 0.15) is 0 Å². The van der Waals surface area contributed by atoms with Crippen molar-refractivity contribution < 1.29 is 0 Å². The molecule has 2 aliphatic carbocycles. The maximum atomic E-state index is 2.50. The first-order chi connectivity index (χ1) is 9.40. The first-order valence-electron chi connectivity index (χ1n) is 9.40. The van der Waals surface area contributed by atoms with E-state index >= 15 is 0 Å². The van der Waals surface area contributed by atoms with Crippen molar-refractivity contribution in [3.05, 3.63) is 0 Å². The van der Waals surface area contributed by atoms with Crippen molar-refractivity contribution in [3.63, 3.8) is 0 Å². The molecule has 0 aromatic heterocycles. The fourth-order valence-corrected chi connectivity index (χ4v) is 5.54. The molecule has 0 heterocycles. The Bertz CT molecular complexity index is 260. The second-order valence-corrected chi connectivity index (χ2v) is 8.98. The summed E-state index contributed by atoms with van der Waals surface area (Å²) in [6, 6.07) is 0. The van der Waals surface area contributed by atoms with Gasteiger partial charge < -0.3 is 0 Å². The fraction of sp³-hybridized carbons (Fsp3) is 1.00. The molecule has 0 aromatic rings. The van der Waals surface area contributed by atoms with E-state index < -0.39 is 0 Å². The van der Waals surface area contributed by atoms with Crippen molar-refractivity contribution in [3.8, 4) is 0 Å². The standard InChI is InChI=1S/C20H38/c1-13(2)17-9-7-15(5)11-19(17)20-12-16(6)8-10-18(20)14(3)4/h13-20H,7-12H2,1-6H3/t15-,16-,17+,18+,19-,20-/m1/s1. The van der Waals surface area contributed by atoms with Crippen molar-refractivity contribution >= 4 is 0 Å².